The summed E-state index contributed by atoms with van der Waals surface area (Å²) in [5.41, 5.74) is 2.60. The Kier molecular flexibility index (Phi) is 6.96. The summed E-state index contributed by atoms with van der Waals surface area (Å²) in [7, 11) is 1.59. The van der Waals surface area contributed by atoms with Crippen LogP contribution in [0.25, 0.3) is 0 Å². The van der Waals surface area contributed by atoms with Crippen LogP contribution in [-0.4, -0.2) is 36.3 Å². The summed E-state index contributed by atoms with van der Waals surface area (Å²) in [6, 6.07) is 21.4. The topological polar surface area (TPSA) is 68.2 Å². The van der Waals surface area contributed by atoms with Gasteiger partial charge in [0, 0.05) is 6.42 Å². The number of nitrogens with zero attached hydrogens (tertiary/aromatic N) is 2. The van der Waals surface area contributed by atoms with Crippen molar-refractivity contribution in [2.45, 2.75) is 12.5 Å². The van der Waals surface area contributed by atoms with Gasteiger partial charge in [-0.15, -0.1) is 0 Å². The number of rotatable bonds is 6. The predicted octanol–water partition coefficient (Wildman–Crippen LogP) is 5.54. The highest BCUT2D eigenvalue weighted by atomic mass is 35.5. The van der Waals surface area contributed by atoms with Crippen LogP contribution in [0.5, 0.6) is 5.75 Å². The lowest BCUT2D eigenvalue weighted by Gasteiger charge is -2.22. The van der Waals surface area contributed by atoms with E-state index >= 15 is 0 Å². The Labute approximate surface area is 201 Å². The molecule has 1 amide bonds. The number of carbonyl (C=O) groups is 2. The summed E-state index contributed by atoms with van der Waals surface area (Å²) in [5, 5.41) is 6.25. The third kappa shape index (κ3) is 5.02. The highest BCUT2D eigenvalue weighted by Crippen LogP contribution is 2.34. The number of esters is 1. The van der Waals surface area contributed by atoms with Crippen LogP contribution in [0.4, 0.5) is 0 Å². The van der Waals surface area contributed by atoms with Gasteiger partial charge in [-0.2, -0.15) is 5.10 Å². The van der Waals surface area contributed by atoms with Crippen LogP contribution >= 0.6 is 23.2 Å². The van der Waals surface area contributed by atoms with Gasteiger partial charge < -0.3 is 9.47 Å². The molecular weight excluding hydrogens is 463 g/mol. The number of carbonyl (C=O) groups excluding carboxylic acids is 2. The van der Waals surface area contributed by atoms with Gasteiger partial charge in [0.2, 0.25) is 0 Å². The first-order valence-electron chi connectivity index (χ1n) is 10.2. The second-order valence-corrected chi connectivity index (χ2v) is 8.13. The Hall–Kier alpha value is -3.35. The maximum Gasteiger partial charge on any atom is 0.341 e. The molecule has 6 nitrogen and oxygen atoms in total. The molecule has 1 aliphatic heterocycles. The first-order chi connectivity index (χ1) is 16.0. The number of hydrazone groups is 1. The predicted molar refractivity (Wildman–Crippen MR) is 127 cm³/mol. The summed E-state index contributed by atoms with van der Waals surface area (Å²) in [5.74, 6) is -0.519. The molecule has 4 rings (SSSR count). The van der Waals surface area contributed by atoms with Gasteiger partial charge >= 0.3 is 5.97 Å². The van der Waals surface area contributed by atoms with Crippen LogP contribution in [0, 0.1) is 0 Å². The van der Waals surface area contributed by atoms with Gasteiger partial charge in [-0.1, -0.05) is 71.7 Å². The number of hydrogen-bond donors (Lipinski definition) is 0. The molecule has 0 radical (unpaired) electrons. The van der Waals surface area contributed by atoms with Crippen LogP contribution < -0.4 is 4.74 Å². The molecule has 1 atom stereocenters. The van der Waals surface area contributed by atoms with Crippen molar-refractivity contribution in [1.29, 1.82) is 0 Å². The van der Waals surface area contributed by atoms with E-state index in [4.69, 9.17) is 32.7 Å². The minimum absolute atomic E-state index is 0.0234. The number of amides is 1. The van der Waals surface area contributed by atoms with E-state index < -0.39 is 18.5 Å². The fourth-order valence-corrected chi connectivity index (χ4v) is 4.14. The van der Waals surface area contributed by atoms with Gasteiger partial charge in [0.25, 0.3) is 5.91 Å². The van der Waals surface area contributed by atoms with Crippen LogP contribution in [0.3, 0.4) is 0 Å². The fourth-order valence-electron chi connectivity index (χ4n) is 3.59. The van der Waals surface area contributed by atoms with Crippen LogP contribution in [0.2, 0.25) is 10.0 Å². The number of methoxy groups -OCH3 is 1. The molecule has 1 heterocycles. The van der Waals surface area contributed by atoms with Crippen molar-refractivity contribution >= 4 is 40.8 Å². The summed E-state index contributed by atoms with van der Waals surface area (Å²) < 4.78 is 10.5. The molecule has 0 spiro atoms. The maximum atomic E-state index is 13.1. The van der Waals surface area contributed by atoms with Gasteiger partial charge in [-0.25, -0.2) is 9.80 Å². The summed E-state index contributed by atoms with van der Waals surface area (Å²) >= 11 is 12.1. The molecule has 1 aliphatic rings. The van der Waals surface area contributed by atoms with E-state index in [1.807, 2.05) is 54.6 Å². The number of benzene rings is 3. The van der Waals surface area contributed by atoms with Gasteiger partial charge in [0.15, 0.2) is 6.61 Å². The van der Waals surface area contributed by atoms with E-state index in [1.54, 1.807) is 13.2 Å². The standard InChI is InChI=1S/C25H20Cl2N2O4/c1-32-18-12-10-17(11-13-18)22-14-21(16-6-3-2-4-7-16)28-29(22)23(30)15-33-25(31)24-19(26)8-5-9-20(24)27/h2-13,22H,14-15H2,1H3/t22-/m0/s1. The Morgan fingerprint density at radius 2 is 1.64 bits per heavy atom. The molecule has 0 bridgehead atoms. The van der Waals surface area contributed by atoms with E-state index in [1.165, 1.54) is 17.1 Å². The van der Waals surface area contributed by atoms with E-state index in [-0.39, 0.29) is 21.7 Å². The Morgan fingerprint density at radius 1 is 0.970 bits per heavy atom. The largest absolute Gasteiger partial charge is 0.497 e. The van der Waals surface area contributed by atoms with E-state index in [2.05, 4.69) is 5.10 Å². The molecule has 33 heavy (non-hydrogen) atoms. The molecular formula is C25H20Cl2N2O4. The molecule has 3 aromatic carbocycles. The zero-order valence-electron chi connectivity index (χ0n) is 17.7. The average molecular weight is 483 g/mol. The molecule has 0 saturated heterocycles. The summed E-state index contributed by atoms with van der Waals surface area (Å²) in [6.45, 7) is -0.501. The molecule has 0 saturated carbocycles. The molecule has 0 aliphatic carbocycles. The minimum Gasteiger partial charge on any atom is -0.497 e. The van der Waals surface area contributed by atoms with Crippen molar-refractivity contribution < 1.29 is 19.1 Å². The third-order valence-corrected chi connectivity index (χ3v) is 5.90. The fraction of sp³-hybridized carbons (Fsp3) is 0.160. The minimum atomic E-state index is -0.772. The molecule has 0 fully saturated rings. The van der Waals surface area contributed by atoms with E-state index in [0.29, 0.717) is 12.2 Å². The molecule has 0 aromatic heterocycles. The van der Waals surface area contributed by atoms with Crippen LogP contribution in [-0.2, 0) is 9.53 Å². The van der Waals surface area contributed by atoms with Crippen molar-refractivity contribution in [2.75, 3.05) is 13.7 Å². The molecule has 168 valence electrons. The second kappa shape index (κ2) is 10.1. The van der Waals surface area contributed by atoms with E-state index in [9.17, 15) is 9.59 Å². The maximum absolute atomic E-state index is 13.1. The monoisotopic (exact) mass is 482 g/mol. The van der Waals surface area contributed by atoms with Crippen LogP contribution in [0.1, 0.15) is 33.9 Å². The zero-order chi connectivity index (χ0) is 23.4. The van der Waals surface area contributed by atoms with E-state index in [0.717, 1.165) is 16.8 Å². The SMILES string of the molecule is COc1ccc([C@@H]2CC(c3ccccc3)=NN2C(=O)COC(=O)c2c(Cl)cccc2Cl)cc1. The second-order valence-electron chi connectivity index (χ2n) is 7.32. The van der Waals surface area contributed by atoms with Crippen molar-refractivity contribution in [3.05, 3.63) is 99.5 Å². The van der Waals surface area contributed by atoms with Gasteiger partial charge in [-0.05, 0) is 35.4 Å². The molecule has 0 N–H and O–H groups in total. The van der Waals surface area contributed by atoms with Crippen LogP contribution in [0.15, 0.2) is 77.9 Å². The van der Waals surface area contributed by atoms with Gasteiger partial charge in [0.1, 0.15) is 5.75 Å². The quantitative estimate of drug-likeness (QED) is 0.432. The number of ether oxygens (including phenoxy) is 2. The Morgan fingerprint density at radius 3 is 2.27 bits per heavy atom. The lowest BCUT2D eigenvalue weighted by atomic mass is 9.98. The average Bonchev–Trinajstić information content (AvgIpc) is 3.29. The lowest BCUT2D eigenvalue weighted by molar-refractivity contribution is -0.136. The zero-order valence-corrected chi connectivity index (χ0v) is 19.2. The number of halogens is 2. The molecule has 3 aromatic rings. The summed E-state index contributed by atoms with van der Waals surface area (Å²) in [4.78, 5) is 25.6. The highest BCUT2D eigenvalue weighted by molar-refractivity contribution is 6.39. The highest BCUT2D eigenvalue weighted by Gasteiger charge is 2.33. The molecule has 8 heteroatoms. The smallest absolute Gasteiger partial charge is 0.341 e. The third-order valence-electron chi connectivity index (χ3n) is 5.27. The Bertz CT molecular complexity index is 1180. The van der Waals surface area contributed by atoms with Crippen molar-refractivity contribution in [2.24, 2.45) is 5.10 Å². The molecule has 0 unspecified atom stereocenters. The first-order valence-corrected chi connectivity index (χ1v) is 10.9. The van der Waals surface area contributed by atoms with Gasteiger partial charge in [-0.3, -0.25) is 4.79 Å². The number of hydrogen-bond acceptors (Lipinski definition) is 5. The van der Waals surface area contributed by atoms with Crippen molar-refractivity contribution in [3.8, 4) is 5.75 Å². The Balaban J connectivity index is 1.56. The lowest BCUT2D eigenvalue weighted by Crippen LogP contribution is -2.31. The summed E-state index contributed by atoms with van der Waals surface area (Å²) in [6.07, 6.45) is 0.520. The van der Waals surface area contributed by atoms with Gasteiger partial charge in [0.05, 0.1) is 34.5 Å². The normalized spacial score (nSPS) is 15.2. The van der Waals surface area contributed by atoms with Crippen molar-refractivity contribution in [1.82, 2.24) is 5.01 Å². The van der Waals surface area contributed by atoms with Crippen molar-refractivity contribution in [3.63, 3.8) is 0 Å². The first kappa shape index (κ1) is 22.8.